The number of para-hydroxylation sites is 1. The van der Waals surface area contributed by atoms with Crippen molar-refractivity contribution in [2.75, 3.05) is 19.5 Å². The summed E-state index contributed by atoms with van der Waals surface area (Å²) in [5, 5.41) is 11.0. The van der Waals surface area contributed by atoms with E-state index in [4.69, 9.17) is 13.9 Å². The number of aryl methyl sites for hydroxylation is 1. The lowest BCUT2D eigenvalue weighted by Crippen LogP contribution is -2.14. The molecule has 2 heterocycles. The molecule has 0 unspecified atom stereocenters. The van der Waals surface area contributed by atoms with E-state index in [-0.39, 0.29) is 11.6 Å². The number of carbonyl (C=O) groups excluding carboxylic acids is 1. The first-order chi connectivity index (χ1) is 15.5. The average Bonchev–Trinajstić information content (AvgIpc) is 3.36. The molecular weight excluding hydrogens is 410 g/mol. The zero-order valence-electron chi connectivity index (χ0n) is 18.2. The predicted molar refractivity (Wildman–Crippen MR) is 118 cm³/mol. The van der Waals surface area contributed by atoms with Gasteiger partial charge in [-0.2, -0.15) is 0 Å². The Kier molecular flexibility index (Phi) is 5.89. The van der Waals surface area contributed by atoms with Crippen molar-refractivity contribution in [1.82, 2.24) is 20.0 Å². The lowest BCUT2D eigenvalue weighted by atomic mass is 10.2. The number of anilines is 1. The second-order valence-electron chi connectivity index (χ2n) is 7.09. The number of oxazole rings is 1. The molecule has 0 aliphatic rings. The van der Waals surface area contributed by atoms with Gasteiger partial charge in [0.2, 0.25) is 5.89 Å². The van der Waals surface area contributed by atoms with Crippen molar-refractivity contribution in [1.29, 1.82) is 0 Å². The van der Waals surface area contributed by atoms with Crippen molar-refractivity contribution < 1.29 is 18.7 Å². The third-order valence-corrected chi connectivity index (χ3v) is 5.08. The Morgan fingerprint density at radius 3 is 2.53 bits per heavy atom. The monoisotopic (exact) mass is 433 g/mol. The molecule has 0 saturated heterocycles. The number of nitrogens with zero attached hydrogens (tertiary/aromatic N) is 4. The van der Waals surface area contributed by atoms with E-state index >= 15 is 0 Å². The summed E-state index contributed by atoms with van der Waals surface area (Å²) in [6.45, 7) is 3.95. The Morgan fingerprint density at radius 2 is 1.81 bits per heavy atom. The molecule has 0 aliphatic heterocycles. The Bertz CT molecular complexity index is 1240. The van der Waals surface area contributed by atoms with Crippen LogP contribution < -0.4 is 14.8 Å². The van der Waals surface area contributed by atoms with Crippen LogP contribution in [0.25, 0.3) is 11.5 Å². The molecule has 2 aromatic heterocycles. The van der Waals surface area contributed by atoms with Crippen LogP contribution in [-0.4, -0.2) is 40.1 Å². The molecule has 0 fully saturated rings. The number of aromatic nitrogens is 4. The van der Waals surface area contributed by atoms with Crippen LogP contribution >= 0.6 is 0 Å². The number of nitrogens with one attached hydrogen (secondary N) is 1. The molecule has 164 valence electrons. The van der Waals surface area contributed by atoms with E-state index in [2.05, 4.69) is 20.6 Å². The fourth-order valence-corrected chi connectivity index (χ4v) is 3.24. The van der Waals surface area contributed by atoms with E-state index in [0.29, 0.717) is 46.8 Å². The minimum atomic E-state index is -0.342. The Labute approximate surface area is 185 Å². The number of hydrogen-bond donors (Lipinski definition) is 1. The van der Waals surface area contributed by atoms with Crippen molar-refractivity contribution in [2.45, 2.75) is 20.4 Å². The highest BCUT2D eigenvalue weighted by molar-refractivity contribution is 6.03. The Balaban J connectivity index is 1.52. The van der Waals surface area contributed by atoms with Crippen LogP contribution in [0.3, 0.4) is 0 Å². The minimum absolute atomic E-state index is 0.243. The van der Waals surface area contributed by atoms with Crippen molar-refractivity contribution in [3.8, 4) is 23.0 Å². The van der Waals surface area contributed by atoms with Crippen LogP contribution in [0.15, 0.2) is 52.9 Å². The van der Waals surface area contributed by atoms with Crippen LogP contribution in [0, 0.1) is 13.8 Å². The topological polar surface area (TPSA) is 104 Å². The maximum Gasteiger partial charge on any atom is 0.278 e. The molecule has 2 aromatic carbocycles. The fraction of sp³-hybridized carbons (Fsp3) is 0.217. The summed E-state index contributed by atoms with van der Waals surface area (Å²) in [4.78, 5) is 17.3. The normalized spacial score (nSPS) is 10.8. The zero-order valence-corrected chi connectivity index (χ0v) is 18.2. The van der Waals surface area contributed by atoms with Crippen LogP contribution in [0.1, 0.15) is 27.6 Å². The third-order valence-electron chi connectivity index (χ3n) is 5.08. The predicted octanol–water partition coefficient (Wildman–Crippen LogP) is 3.87. The second kappa shape index (κ2) is 8.93. The molecule has 0 aliphatic carbocycles. The molecular formula is C23H23N5O4. The first kappa shape index (κ1) is 21.1. The van der Waals surface area contributed by atoms with Crippen LogP contribution in [0.2, 0.25) is 0 Å². The van der Waals surface area contributed by atoms with Crippen molar-refractivity contribution >= 4 is 11.6 Å². The van der Waals surface area contributed by atoms with Crippen molar-refractivity contribution in [3.05, 3.63) is 71.4 Å². The second-order valence-corrected chi connectivity index (χ2v) is 7.09. The summed E-state index contributed by atoms with van der Waals surface area (Å²) >= 11 is 0. The lowest BCUT2D eigenvalue weighted by molar-refractivity contribution is 0.102. The van der Waals surface area contributed by atoms with Gasteiger partial charge < -0.3 is 19.2 Å². The van der Waals surface area contributed by atoms with Gasteiger partial charge in [0.25, 0.3) is 5.91 Å². The summed E-state index contributed by atoms with van der Waals surface area (Å²) in [5.74, 6) is 2.16. The Hall–Kier alpha value is -4.14. The Morgan fingerprint density at radius 1 is 1.06 bits per heavy atom. The molecule has 0 bridgehead atoms. The van der Waals surface area contributed by atoms with E-state index in [1.807, 2.05) is 31.2 Å². The molecule has 0 radical (unpaired) electrons. The van der Waals surface area contributed by atoms with Gasteiger partial charge in [-0.25, -0.2) is 9.67 Å². The van der Waals surface area contributed by atoms with Crippen LogP contribution in [-0.2, 0) is 6.54 Å². The maximum atomic E-state index is 12.7. The molecule has 9 heteroatoms. The molecule has 4 rings (SSSR count). The summed E-state index contributed by atoms with van der Waals surface area (Å²) in [6, 6.07) is 14.6. The number of rotatable bonds is 7. The molecule has 1 amide bonds. The van der Waals surface area contributed by atoms with Crippen LogP contribution in [0.5, 0.6) is 11.5 Å². The van der Waals surface area contributed by atoms with Crippen molar-refractivity contribution in [2.24, 2.45) is 0 Å². The van der Waals surface area contributed by atoms with Gasteiger partial charge in [0.1, 0.15) is 23.0 Å². The molecule has 9 nitrogen and oxygen atoms in total. The smallest absolute Gasteiger partial charge is 0.278 e. The SMILES string of the molecule is COc1ccc(NC(=O)c2nnn(Cc3nc(-c4ccccc4OC)oc3C)c2C)cc1. The summed E-state index contributed by atoms with van der Waals surface area (Å²) < 4.78 is 18.0. The van der Waals surface area contributed by atoms with Gasteiger partial charge in [0, 0.05) is 5.69 Å². The molecule has 0 saturated carbocycles. The third kappa shape index (κ3) is 4.18. The number of ether oxygens (including phenoxy) is 2. The van der Waals surface area contributed by atoms with Gasteiger partial charge in [0.05, 0.1) is 32.0 Å². The van der Waals surface area contributed by atoms with E-state index in [1.54, 1.807) is 50.1 Å². The largest absolute Gasteiger partial charge is 0.497 e. The van der Waals surface area contributed by atoms with E-state index in [1.165, 1.54) is 0 Å². The van der Waals surface area contributed by atoms with Gasteiger partial charge in [-0.3, -0.25) is 4.79 Å². The fourth-order valence-electron chi connectivity index (χ4n) is 3.24. The van der Waals surface area contributed by atoms with Gasteiger partial charge in [-0.15, -0.1) is 5.10 Å². The minimum Gasteiger partial charge on any atom is -0.497 e. The van der Waals surface area contributed by atoms with Gasteiger partial charge in [0.15, 0.2) is 5.69 Å². The standard InChI is InChI=1S/C23H23N5O4/c1-14-21(22(29)24-16-9-11-17(30-3)12-10-16)26-27-28(14)13-19-15(2)32-23(25-19)18-7-5-6-8-20(18)31-4/h5-12H,13H2,1-4H3,(H,24,29). The van der Waals surface area contributed by atoms with Crippen LogP contribution in [0.4, 0.5) is 5.69 Å². The summed E-state index contributed by atoms with van der Waals surface area (Å²) in [5.41, 5.74) is 2.96. The number of methoxy groups -OCH3 is 2. The molecule has 0 spiro atoms. The number of benzene rings is 2. The molecule has 0 atom stereocenters. The molecule has 1 N–H and O–H groups in total. The highest BCUT2D eigenvalue weighted by Gasteiger charge is 2.20. The molecule has 4 aromatic rings. The molecule has 32 heavy (non-hydrogen) atoms. The lowest BCUT2D eigenvalue weighted by Gasteiger charge is -2.05. The van der Waals surface area contributed by atoms with Gasteiger partial charge in [-0.1, -0.05) is 17.3 Å². The van der Waals surface area contributed by atoms with E-state index < -0.39 is 0 Å². The number of amides is 1. The first-order valence-corrected chi connectivity index (χ1v) is 9.95. The van der Waals surface area contributed by atoms with E-state index in [9.17, 15) is 4.79 Å². The average molecular weight is 433 g/mol. The van der Waals surface area contributed by atoms with E-state index in [0.717, 1.165) is 5.56 Å². The highest BCUT2D eigenvalue weighted by atomic mass is 16.5. The maximum absolute atomic E-state index is 12.7. The first-order valence-electron chi connectivity index (χ1n) is 9.95. The van der Waals surface area contributed by atoms with Crippen molar-refractivity contribution in [3.63, 3.8) is 0 Å². The quantitative estimate of drug-likeness (QED) is 0.472. The van der Waals surface area contributed by atoms with Gasteiger partial charge in [-0.05, 0) is 50.2 Å². The number of hydrogen-bond acceptors (Lipinski definition) is 7. The van der Waals surface area contributed by atoms with Gasteiger partial charge >= 0.3 is 0 Å². The number of carbonyl (C=O) groups is 1. The summed E-state index contributed by atoms with van der Waals surface area (Å²) in [7, 11) is 3.19. The highest BCUT2D eigenvalue weighted by Crippen LogP contribution is 2.30. The zero-order chi connectivity index (χ0) is 22.7. The summed E-state index contributed by atoms with van der Waals surface area (Å²) in [6.07, 6.45) is 0.